The van der Waals surface area contributed by atoms with Gasteiger partial charge in [-0.15, -0.1) is 0 Å². The van der Waals surface area contributed by atoms with Crippen molar-refractivity contribution in [2.45, 2.75) is 6.92 Å². The van der Waals surface area contributed by atoms with E-state index in [4.69, 9.17) is 9.47 Å². The van der Waals surface area contributed by atoms with Gasteiger partial charge in [0.05, 0.1) is 12.8 Å². The summed E-state index contributed by atoms with van der Waals surface area (Å²) in [5, 5.41) is 14.9. The van der Waals surface area contributed by atoms with Crippen LogP contribution < -0.4 is 9.80 Å². The SMILES string of the molecule is COCN(O)c1ccc(-n2cnc(C)n2)c(OC)c1. The van der Waals surface area contributed by atoms with E-state index >= 15 is 0 Å². The first-order valence-corrected chi connectivity index (χ1v) is 5.67. The van der Waals surface area contributed by atoms with E-state index in [1.807, 2.05) is 6.92 Å². The molecule has 0 bridgehead atoms. The van der Waals surface area contributed by atoms with Crippen molar-refractivity contribution in [1.82, 2.24) is 14.8 Å². The Morgan fingerprint density at radius 2 is 2.16 bits per heavy atom. The maximum atomic E-state index is 9.72. The monoisotopic (exact) mass is 264 g/mol. The molecule has 1 N–H and O–H groups in total. The van der Waals surface area contributed by atoms with Crippen molar-refractivity contribution in [3.05, 3.63) is 30.4 Å². The topological polar surface area (TPSA) is 72.6 Å². The molecule has 102 valence electrons. The average molecular weight is 264 g/mol. The Kier molecular flexibility index (Phi) is 3.98. The lowest BCUT2D eigenvalue weighted by molar-refractivity contribution is 0.109. The van der Waals surface area contributed by atoms with Crippen molar-refractivity contribution in [3.63, 3.8) is 0 Å². The second kappa shape index (κ2) is 5.68. The number of hydrogen-bond acceptors (Lipinski definition) is 6. The Bertz CT molecular complexity index is 556. The van der Waals surface area contributed by atoms with Crippen molar-refractivity contribution < 1.29 is 14.7 Å². The van der Waals surface area contributed by atoms with Crippen LogP contribution in [0, 0.1) is 6.92 Å². The maximum Gasteiger partial charge on any atom is 0.147 e. The highest BCUT2D eigenvalue weighted by molar-refractivity contribution is 5.57. The number of methoxy groups -OCH3 is 2. The van der Waals surface area contributed by atoms with Gasteiger partial charge in [-0.2, -0.15) is 5.10 Å². The van der Waals surface area contributed by atoms with Gasteiger partial charge in [-0.1, -0.05) is 0 Å². The molecule has 0 atom stereocenters. The van der Waals surface area contributed by atoms with Crippen LogP contribution in [0.5, 0.6) is 5.75 Å². The van der Waals surface area contributed by atoms with Gasteiger partial charge in [-0.05, 0) is 19.1 Å². The molecule has 1 aromatic heterocycles. The molecule has 0 aliphatic heterocycles. The van der Waals surface area contributed by atoms with Gasteiger partial charge < -0.3 is 9.47 Å². The summed E-state index contributed by atoms with van der Waals surface area (Å²) in [7, 11) is 3.07. The standard InChI is InChI=1S/C12H16N4O3/c1-9-13-7-15(14-9)11-5-4-10(6-12(11)19-3)16(17)8-18-2/h4-7,17H,8H2,1-3H3. The van der Waals surface area contributed by atoms with Gasteiger partial charge in [0, 0.05) is 13.2 Å². The molecule has 1 heterocycles. The fourth-order valence-electron chi connectivity index (χ4n) is 1.67. The van der Waals surface area contributed by atoms with Gasteiger partial charge >= 0.3 is 0 Å². The van der Waals surface area contributed by atoms with Gasteiger partial charge in [0.2, 0.25) is 0 Å². The zero-order chi connectivity index (χ0) is 13.8. The minimum absolute atomic E-state index is 0.0743. The predicted molar refractivity (Wildman–Crippen MR) is 68.8 cm³/mol. The number of anilines is 1. The minimum Gasteiger partial charge on any atom is -0.494 e. The number of nitrogens with zero attached hydrogens (tertiary/aromatic N) is 4. The Balaban J connectivity index is 2.36. The Morgan fingerprint density at radius 1 is 1.37 bits per heavy atom. The molecule has 2 aromatic rings. The van der Waals surface area contributed by atoms with Crippen LogP contribution in [-0.4, -0.2) is 40.9 Å². The van der Waals surface area contributed by atoms with Crippen LogP contribution in [0.25, 0.3) is 5.69 Å². The van der Waals surface area contributed by atoms with Crippen molar-refractivity contribution in [3.8, 4) is 11.4 Å². The summed E-state index contributed by atoms with van der Waals surface area (Å²) in [6, 6.07) is 5.24. The highest BCUT2D eigenvalue weighted by Crippen LogP contribution is 2.27. The van der Waals surface area contributed by atoms with Crippen LogP contribution in [0.3, 0.4) is 0 Å². The lowest BCUT2D eigenvalue weighted by atomic mass is 10.2. The average Bonchev–Trinajstić information content (AvgIpc) is 2.84. The fourth-order valence-corrected chi connectivity index (χ4v) is 1.67. The molecule has 0 saturated heterocycles. The first kappa shape index (κ1) is 13.3. The number of rotatable bonds is 5. The number of aryl methyl sites for hydroxylation is 1. The van der Waals surface area contributed by atoms with E-state index in [9.17, 15) is 5.21 Å². The molecule has 7 heteroatoms. The van der Waals surface area contributed by atoms with Gasteiger partial charge in [0.15, 0.2) is 0 Å². The van der Waals surface area contributed by atoms with Crippen LogP contribution in [0.15, 0.2) is 24.5 Å². The number of hydroxylamine groups is 1. The van der Waals surface area contributed by atoms with Gasteiger partial charge in [-0.25, -0.2) is 14.7 Å². The van der Waals surface area contributed by atoms with E-state index in [1.165, 1.54) is 7.11 Å². The van der Waals surface area contributed by atoms with Gasteiger partial charge in [0.25, 0.3) is 0 Å². The van der Waals surface area contributed by atoms with E-state index in [0.717, 1.165) is 10.8 Å². The molecular formula is C12H16N4O3. The highest BCUT2D eigenvalue weighted by Gasteiger charge is 2.11. The first-order valence-electron chi connectivity index (χ1n) is 5.67. The molecule has 0 amide bonds. The van der Waals surface area contributed by atoms with Crippen LogP contribution >= 0.6 is 0 Å². The van der Waals surface area contributed by atoms with Crippen LogP contribution in [0.1, 0.15) is 5.82 Å². The summed E-state index contributed by atoms with van der Waals surface area (Å²) in [6.07, 6.45) is 1.61. The predicted octanol–water partition coefficient (Wildman–Crippen LogP) is 1.38. The summed E-state index contributed by atoms with van der Waals surface area (Å²) >= 11 is 0. The highest BCUT2D eigenvalue weighted by atomic mass is 16.6. The molecule has 0 spiro atoms. The summed E-state index contributed by atoms with van der Waals surface area (Å²) in [5.74, 6) is 1.26. The molecule has 7 nitrogen and oxygen atoms in total. The minimum atomic E-state index is 0.0743. The number of hydrogen-bond donors (Lipinski definition) is 1. The molecule has 0 saturated carbocycles. The number of benzene rings is 1. The third-order valence-electron chi connectivity index (χ3n) is 2.57. The quantitative estimate of drug-likeness (QED) is 0.649. The maximum absolute atomic E-state index is 9.72. The summed E-state index contributed by atoms with van der Waals surface area (Å²) < 4.78 is 11.8. The largest absolute Gasteiger partial charge is 0.494 e. The molecule has 2 rings (SSSR count). The fraction of sp³-hybridized carbons (Fsp3) is 0.333. The van der Waals surface area contributed by atoms with Crippen LogP contribution in [0.4, 0.5) is 5.69 Å². The van der Waals surface area contributed by atoms with E-state index in [1.54, 1.807) is 36.3 Å². The normalized spacial score (nSPS) is 10.5. The van der Waals surface area contributed by atoms with Crippen molar-refractivity contribution in [2.24, 2.45) is 0 Å². The summed E-state index contributed by atoms with van der Waals surface area (Å²) in [5.41, 5.74) is 1.32. The Hall–Kier alpha value is -2.12. The molecular weight excluding hydrogens is 248 g/mol. The Morgan fingerprint density at radius 3 is 2.74 bits per heavy atom. The molecule has 19 heavy (non-hydrogen) atoms. The zero-order valence-electron chi connectivity index (χ0n) is 11.1. The summed E-state index contributed by atoms with van der Waals surface area (Å²) in [4.78, 5) is 4.07. The molecule has 1 aromatic carbocycles. The van der Waals surface area contributed by atoms with E-state index < -0.39 is 0 Å². The van der Waals surface area contributed by atoms with Gasteiger partial charge in [-0.3, -0.25) is 5.21 Å². The van der Waals surface area contributed by atoms with Crippen LogP contribution in [0.2, 0.25) is 0 Å². The summed E-state index contributed by atoms with van der Waals surface area (Å²) in [6.45, 7) is 1.89. The van der Waals surface area contributed by atoms with Crippen molar-refractivity contribution in [2.75, 3.05) is 26.0 Å². The second-order valence-electron chi connectivity index (χ2n) is 3.91. The van der Waals surface area contributed by atoms with E-state index in [2.05, 4.69) is 10.1 Å². The third-order valence-corrected chi connectivity index (χ3v) is 2.57. The van der Waals surface area contributed by atoms with E-state index in [0.29, 0.717) is 17.3 Å². The number of aromatic nitrogens is 3. The number of ether oxygens (including phenoxy) is 2. The zero-order valence-corrected chi connectivity index (χ0v) is 11.1. The molecule has 0 unspecified atom stereocenters. The molecule has 0 aliphatic rings. The third kappa shape index (κ3) is 2.83. The molecule has 0 fully saturated rings. The Labute approximate surface area is 111 Å². The molecule has 0 aliphatic carbocycles. The second-order valence-corrected chi connectivity index (χ2v) is 3.91. The lowest BCUT2D eigenvalue weighted by Gasteiger charge is -2.17. The smallest absolute Gasteiger partial charge is 0.147 e. The van der Waals surface area contributed by atoms with Crippen LogP contribution in [-0.2, 0) is 4.74 Å². The first-order chi connectivity index (χ1) is 9.15. The van der Waals surface area contributed by atoms with Crippen molar-refractivity contribution in [1.29, 1.82) is 0 Å². The van der Waals surface area contributed by atoms with Gasteiger partial charge in [0.1, 0.15) is 30.3 Å². The molecule has 0 radical (unpaired) electrons. The van der Waals surface area contributed by atoms with Crippen molar-refractivity contribution >= 4 is 5.69 Å². The lowest BCUT2D eigenvalue weighted by Crippen LogP contribution is -2.20. The van der Waals surface area contributed by atoms with E-state index in [-0.39, 0.29) is 6.73 Å².